The van der Waals surface area contributed by atoms with Crippen LogP contribution >= 0.6 is 0 Å². The predicted molar refractivity (Wildman–Crippen MR) is 194 cm³/mol. The van der Waals surface area contributed by atoms with Crippen LogP contribution < -0.4 is 20.1 Å². The van der Waals surface area contributed by atoms with E-state index in [0.29, 0.717) is 31.9 Å². The van der Waals surface area contributed by atoms with Crippen LogP contribution in [0.15, 0.2) is 42.5 Å². The molecule has 0 bridgehead atoms. The van der Waals surface area contributed by atoms with Gasteiger partial charge < -0.3 is 20.1 Å². The average molecular weight is 635 g/mol. The van der Waals surface area contributed by atoms with Crippen molar-refractivity contribution in [1.29, 1.82) is 0 Å². The first-order valence-electron chi connectivity index (χ1n) is 19.1. The third-order valence-corrected chi connectivity index (χ3v) is 9.64. The summed E-state index contributed by atoms with van der Waals surface area (Å²) in [5.41, 5.74) is 3.77. The van der Waals surface area contributed by atoms with E-state index in [9.17, 15) is 4.79 Å². The van der Waals surface area contributed by atoms with Crippen molar-refractivity contribution in [1.82, 2.24) is 10.6 Å². The van der Waals surface area contributed by atoms with E-state index in [1.165, 1.54) is 128 Å². The summed E-state index contributed by atoms with van der Waals surface area (Å²) in [7, 11) is 1.71. The monoisotopic (exact) mass is 635 g/mol. The Hall–Kier alpha value is -2.53. The van der Waals surface area contributed by atoms with Crippen molar-refractivity contribution in [3.63, 3.8) is 0 Å². The summed E-state index contributed by atoms with van der Waals surface area (Å²) in [6.07, 6.45) is 27.1. The largest absolute Gasteiger partial charge is 0.496 e. The molecule has 1 saturated carbocycles. The fraction of sp³-hybridized carbons (Fsp3) is 0.683. The van der Waals surface area contributed by atoms with Gasteiger partial charge in [-0.15, -0.1) is 0 Å². The lowest BCUT2D eigenvalue weighted by Gasteiger charge is -2.20. The number of rotatable bonds is 24. The lowest BCUT2D eigenvalue weighted by atomic mass is 9.86. The molecule has 0 aromatic heterocycles. The second kappa shape index (κ2) is 24.6. The van der Waals surface area contributed by atoms with E-state index in [2.05, 4.69) is 47.9 Å². The fourth-order valence-corrected chi connectivity index (χ4v) is 6.68. The number of benzene rings is 2. The zero-order valence-corrected chi connectivity index (χ0v) is 29.5. The predicted octanol–water partition coefficient (Wildman–Crippen LogP) is 10.8. The fourth-order valence-electron chi connectivity index (χ4n) is 6.68. The van der Waals surface area contributed by atoms with E-state index in [1.807, 2.05) is 12.1 Å². The van der Waals surface area contributed by atoms with Crippen molar-refractivity contribution in [2.24, 2.45) is 0 Å². The normalized spacial score (nSPS) is 14.0. The highest BCUT2D eigenvalue weighted by Gasteiger charge is 2.13. The minimum absolute atomic E-state index is 0.0693. The summed E-state index contributed by atoms with van der Waals surface area (Å²) >= 11 is 0. The lowest BCUT2D eigenvalue weighted by molar-refractivity contribution is -0.121. The second-order valence-corrected chi connectivity index (χ2v) is 13.6. The van der Waals surface area contributed by atoms with Gasteiger partial charge in [-0.1, -0.05) is 140 Å². The molecule has 46 heavy (non-hydrogen) atoms. The number of hydrogen-bond acceptors (Lipinski definition) is 4. The Morgan fingerprint density at radius 1 is 0.739 bits per heavy atom. The Labute approximate surface area is 282 Å². The van der Waals surface area contributed by atoms with Gasteiger partial charge in [0.15, 0.2) is 0 Å². The quantitative estimate of drug-likeness (QED) is 0.113. The van der Waals surface area contributed by atoms with Gasteiger partial charge in [0.05, 0.1) is 13.7 Å². The molecule has 0 saturated heterocycles. The third-order valence-electron chi connectivity index (χ3n) is 9.64. The molecule has 0 aliphatic heterocycles. The van der Waals surface area contributed by atoms with Gasteiger partial charge in [-0.05, 0) is 55.3 Å². The molecule has 0 radical (unpaired) electrons. The number of nitrogens with one attached hydrogen (secondary N) is 2. The maximum absolute atomic E-state index is 12.4. The van der Waals surface area contributed by atoms with Crippen molar-refractivity contribution < 1.29 is 14.3 Å². The molecule has 2 N–H and O–H groups in total. The van der Waals surface area contributed by atoms with Crippen molar-refractivity contribution >= 4 is 5.91 Å². The van der Waals surface area contributed by atoms with Crippen LogP contribution in [-0.4, -0.2) is 26.2 Å². The van der Waals surface area contributed by atoms with E-state index >= 15 is 0 Å². The van der Waals surface area contributed by atoms with Gasteiger partial charge in [0, 0.05) is 31.1 Å². The summed E-state index contributed by atoms with van der Waals surface area (Å²) in [6, 6.07) is 15.0. The molecule has 0 spiro atoms. The van der Waals surface area contributed by atoms with Gasteiger partial charge in [-0.25, -0.2) is 0 Å². The molecule has 0 atom stereocenters. The highest BCUT2D eigenvalue weighted by Crippen LogP contribution is 2.31. The molecular formula is C41H66N2O3. The summed E-state index contributed by atoms with van der Waals surface area (Å²) in [5, 5.41) is 6.65. The number of ether oxygens (including phenoxy) is 2. The number of carbonyl (C=O) groups is 1. The topological polar surface area (TPSA) is 59.6 Å². The Morgan fingerprint density at radius 3 is 2.02 bits per heavy atom. The maximum Gasteiger partial charge on any atom is 0.220 e. The molecule has 1 fully saturated rings. The van der Waals surface area contributed by atoms with Crippen LogP contribution in [0.2, 0.25) is 0 Å². The van der Waals surface area contributed by atoms with Crippen LogP contribution in [0.4, 0.5) is 0 Å². The number of unbranched alkanes of at least 4 members (excludes halogenated alkanes) is 11. The molecule has 3 rings (SSSR count). The highest BCUT2D eigenvalue weighted by atomic mass is 16.5. The van der Waals surface area contributed by atoms with E-state index in [4.69, 9.17) is 9.47 Å². The van der Waals surface area contributed by atoms with Crippen molar-refractivity contribution in [2.75, 3.05) is 20.3 Å². The zero-order valence-electron chi connectivity index (χ0n) is 29.5. The third kappa shape index (κ3) is 16.3. The molecule has 1 amide bonds. The van der Waals surface area contributed by atoms with E-state index < -0.39 is 0 Å². The minimum atomic E-state index is 0.0693. The standard InChI is InChI=1S/C41H66N2O3/c1-3-4-5-6-7-8-9-10-11-12-16-19-30-42-34-38-28-29-39(32-40(38)45-2)46-31-20-23-41(44)43-33-35-24-26-37(27-25-35)36-21-17-14-13-15-18-22-36/h24-29,32,36,42H,3-23,30-31,33-34H2,1-2H3,(H,43,44). The smallest absolute Gasteiger partial charge is 0.220 e. The first-order chi connectivity index (χ1) is 22.7. The van der Waals surface area contributed by atoms with Crippen LogP contribution in [0.25, 0.3) is 0 Å². The molecule has 5 nitrogen and oxygen atoms in total. The van der Waals surface area contributed by atoms with Crippen LogP contribution in [-0.2, 0) is 17.9 Å². The SMILES string of the molecule is CCCCCCCCCCCCCCNCc1ccc(OCCCC(=O)NCc2ccc(C3CCCCCCC3)cc2)cc1OC. The number of hydrogen-bond donors (Lipinski definition) is 2. The van der Waals surface area contributed by atoms with Crippen LogP contribution in [0.1, 0.15) is 164 Å². The van der Waals surface area contributed by atoms with Crippen LogP contribution in [0.3, 0.4) is 0 Å². The van der Waals surface area contributed by atoms with Crippen molar-refractivity contribution in [2.45, 2.75) is 161 Å². The van der Waals surface area contributed by atoms with Gasteiger partial charge in [-0.3, -0.25) is 4.79 Å². The molecular weight excluding hydrogens is 568 g/mol. The van der Waals surface area contributed by atoms with Gasteiger partial charge in [0.2, 0.25) is 5.91 Å². The first kappa shape index (κ1) is 37.9. The molecule has 0 unspecified atom stereocenters. The zero-order chi connectivity index (χ0) is 32.5. The van der Waals surface area contributed by atoms with Gasteiger partial charge in [0.1, 0.15) is 11.5 Å². The average Bonchev–Trinajstić information content (AvgIpc) is 3.06. The molecule has 2 aromatic carbocycles. The molecule has 2 aromatic rings. The van der Waals surface area contributed by atoms with E-state index in [0.717, 1.165) is 35.7 Å². The van der Waals surface area contributed by atoms with Gasteiger partial charge >= 0.3 is 0 Å². The Balaban J connectivity index is 1.21. The van der Waals surface area contributed by atoms with Crippen molar-refractivity contribution in [3.8, 4) is 11.5 Å². The minimum Gasteiger partial charge on any atom is -0.496 e. The second-order valence-electron chi connectivity index (χ2n) is 13.6. The molecule has 5 heteroatoms. The number of amides is 1. The molecule has 1 aliphatic rings. The van der Waals surface area contributed by atoms with Crippen LogP contribution in [0.5, 0.6) is 11.5 Å². The summed E-state index contributed by atoms with van der Waals surface area (Å²) < 4.78 is 11.6. The number of carbonyl (C=O) groups excluding carboxylic acids is 1. The van der Waals surface area contributed by atoms with E-state index in [1.54, 1.807) is 7.11 Å². The lowest BCUT2D eigenvalue weighted by Crippen LogP contribution is -2.23. The van der Waals surface area contributed by atoms with Gasteiger partial charge in [0.25, 0.3) is 0 Å². The summed E-state index contributed by atoms with van der Waals surface area (Å²) in [4.78, 5) is 12.4. The Kier molecular flexibility index (Phi) is 20.3. The Bertz CT molecular complexity index is 1050. The summed E-state index contributed by atoms with van der Waals surface area (Å²) in [5.74, 6) is 2.40. The van der Waals surface area contributed by atoms with Crippen molar-refractivity contribution in [3.05, 3.63) is 59.2 Å². The maximum atomic E-state index is 12.4. The number of methoxy groups -OCH3 is 1. The highest BCUT2D eigenvalue weighted by molar-refractivity contribution is 5.75. The Morgan fingerprint density at radius 2 is 1.37 bits per heavy atom. The van der Waals surface area contributed by atoms with Gasteiger partial charge in [-0.2, -0.15) is 0 Å². The first-order valence-corrected chi connectivity index (χ1v) is 19.1. The summed E-state index contributed by atoms with van der Waals surface area (Å²) in [6.45, 7) is 5.20. The molecule has 258 valence electrons. The molecule has 1 aliphatic carbocycles. The van der Waals surface area contributed by atoms with Crippen LogP contribution in [0, 0.1) is 0 Å². The van der Waals surface area contributed by atoms with E-state index in [-0.39, 0.29) is 5.91 Å². The molecule has 0 heterocycles.